The normalized spacial score (nSPS) is 19.1. The largest absolute Gasteiger partial charge is 0.451 e. The van der Waals surface area contributed by atoms with Gasteiger partial charge in [-0.3, -0.25) is 4.79 Å². The lowest BCUT2D eigenvalue weighted by atomic mass is 10.2. The highest BCUT2D eigenvalue weighted by Gasteiger charge is 2.28. The van der Waals surface area contributed by atoms with Crippen molar-refractivity contribution in [3.8, 4) is 0 Å². The molecule has 126 valence electrons. The highest BCUT2D eigenvalue weighted by molar-refractivity contribution is 7.89. The molecule has 1 aromatic carbocycles. The molecule has 1 heterocycles. The van der Waals surface area contributed by atoms with E-state index in [-0.39, 0.29) is 10.6 Å². The van der Waals surface area contributed by atoms with Gasteiger partial charge in [0, 0.05) is 12.3 Å². The molecule has 9 heteroatoms. The van der Waals surface area contributed by atoms with Crippen molar-refractivity contribution in [3.63, 3.8) is 0 Å². The summed E-state index contributed by atoms with van der Waals surface area (Å²) in [6.45, 7) is 1.92. The third-order valence-electron chi connectivity index (χ3n) is 3.28. The Kier molecular flexibility index (Phi) is 5.34. The minimum absolute atomic E-state index is 0.126. The van der Waals surface area contributed by atoms with Gasteiger partial charge in [-0.25, -0.2) is 18.4 Å². The predicted octanol–water partition coefficient (Wildman–Crippen LogP) is 0.383. The van der Waals surface area contributed by atoms with Crippen LogP contribution in [0.3, 0.4) is 0 Å². The summed E-state index contributed by atoms with van der Waals surface area (Å²) in [5, 5.41) is 7.50. The van der Waals surface area contributed by atoms with E-state index in [0.29, 0.717) is 13.0 Å². The predicted molar refractivity (Wildman–Crippen MR) is 81.0 cm³/mol. The third-order valence-corrected chi connectivity index (χ3v) is 4.20. The SMILES string of the molecule is C[C@@H](OC(=O)[C@H]1CCCO1)C(=O)Nc1cccc(S(N)(=O)=O)c1. The zero-order valence-electron chi connectivity index (χ0n) is 12.5. The number of carbonyl (C=O) groups excluding carboxylic acids is 2. The zero-order valence-corrected chi connectivity index (χ0v) is 13.3. The number of sulfonamides is 1. The molecule has 0 aromatic heterocycles. The molecule has 3 N–H and O–H groups in total. The van der Waals surface area contributed by atoms with Crippen molar-refractivity contribution in [2.45, 2.75) is 36.9 Å². The van der Waals surface area contributed by atoms with Gasteiger partial charge in [0.25, 0.3) is 5.91 Å². The smallest absolute Gasteiger partial charge is 0.336 e. The Morgan fingerprint density at radius 3 is 2.78 bits per heavy atom. The summed E-state index contributed by atoms with van der Waals surface area (Å²) < 4.78 is 32.8. The number of amides is 1. The summed E-state index contributed by atoms with van der Waals surface area (Å²) in [5.74, 6) is -1.16. The molecule has 8 nitrogen and oxygen atoms in total. The zero-order chi connectivity index (χ0) is 17.0. The Morgan fingerprint density at radius 1 is 1.43 bits per heavy atom. The first kappa shape index (κ1) is 17.4. The molecule has 2 atom stereocenters. The molecule has 0 bridgehead atoms. The van der Waals surface area contributed by atoms with Crippen molar-refractivity contribution in [3.05, 3.63) is 24.3 Å². The molecule has 0 radical (unpaired) electrons. The van der Waals surface area contributed by atoms with Crippen LogP contribution < -0.4 is 10.5 Å². The van der Waals surface area contributed by atoms with Crippen LogP contribution in [0.15, 0.2) is 29.2 Å². The van der Waals surface area contributed by atoms with E-state index in [9.17, 15) is 18.0 Å². The molecule has 0 spiro atoms. The summed E-state index contributed by atoms with van der Waals surface area (Å²) in [5.41, 5.74) is 0.238. The van der Waals surface area contributed by atoms with E-state index in [1.165, 1.54) is 31.2 Å². The standard InChI is InChI=1S/C14H18N2O6S/c1-9(22-14(18)12-6-3-7-21-12)13(17)16-10-4-2-5-11(8-10)23(15,19)20/h2,4-5,8-9,12H,3,6-7H2,1H3,(H,16,17)(H2,15,19,20)/t9-,12-/m1/s1. The van der Waals surface area contributed by atoms with Crippen LogP contribution >= 0.6 is 0 Å². The number of ether oxygens (including phenoxy) is 2. The monoisotopic (exact) mass is 342 g/mol. The van der Waals surface area contributed by atoms with E-state index in [4.69, 9.17) is 14.6 Å². The quantitative estimate of drug-likeness (QED) is 0.746. The molecule has 1 saturated heterocycles. The van der Waals surface area contributed by atoms with Crippen LogP contribution in [-0.2, 0) is 29.1 Å². The molecule has 1 aliphatic rings. The van der Waals surface area contributed by atoms with Crippen LogP contribution in [0.4, 0.5) is 5.69 Å². The molecular formula is C14H18N2O6S. The summed E-state index contributed by atoms with van der Waals surface area (Å²) in [6.07, 6.45) is -0.314. The summed E-state index contributed by atoms with van der Waals surface area (Å²) in [4.78, 5) is 23.7. The first-order chi connectivity index (χ1) is 10.8. The van der Waals surface area contributed by atoms with E-state index in [1.807, 2.05) is 0 Å². The minimum atomic E-state index is -3.86. The average Bonchev–Trinajstić information content (AvgIpc) is 3.00. The van der Waals surface area contributed by atoms with Crippen molar-refractivity contribution in [1.29, 1.82) is 0 Å². The maximum atomic E-state index is 12.0. The Hall–Kier alpha value is -1.97. The molecular weight excluding hydrogens is 324 g/mol. The summed E-state index contributed by atoms with van der Waals surface area (Å²) >= 11 is 0. The number of anilines is 1. The van der Waals surface area contributed by atoms with Crippen LogP contribution in [0.2, 0.25) is 0 Å². The lowest BCUT2D eigenvalue weighted by Gasteiger charge is -2.16. The summed E-state index contributed by atoms with van der Waals surface area (Å²) in [6, 6.07) is 5.48. The fourth-order valence-electron chi connectivity index (χ4n) is 2.06. The van der Waals surface area contributed by atoms with Crippen LogP contribution in [0.5, 0.6) is 0 Å². The second-order valence-electron chi connectivity index (χ2n) is 5.14. The van der Waals surface area contributed by atoms with Crippen LogP contribution in [-0.4, -0.2) is 39.1 Å². The molecule has 23 heavy (non-hydrogen) atoms. The lowest BCUT2D eigenvalue weighted by Crippen LogP contribution is -2.34. The van der Waals surface area contributed by atoms with E-state index < -0.39 is 34.1 Å². The second-order valence-corrected chi connectivity index (χ2v) is 6.70. The fourth-order valence-corrected chi connectivity index (χ4v) is 2.62. The van der Waals surface area contributed by atoms with Crippen molar-refractivity contribution in [2.24, 2.45) is 5.14 Å². The number of benzene rings is 1. The van der Waals surface area contributed by atoms with Gasteiger partial charge in [-0.05, 0) is 38.0 Å². The van der Waals surface area contributed by atoms with E-state index in [0.717, 1.165) is 6.42 Å². The second kappa shape index (κ2) is 7.07. The molecule has 0 aliphatic carbocycles. The Balaban J connectivity index is 1.97. The molecule has 0 saturated carbocycles. The van der Waals surface area contributed by atoms with Crippen molar-refractivity contribution < 1.29 is 27.5 Å². The highest BCUT2D eigenvalue weighted by Crippen LogP contribution is 2.16. The molecule has 1 fully saturated rings. The molecule has 1 amide bonds. The number of hydrogen-bond donors (Lipinski definition) is 2. The highest BCUT2D eigenvalue weighted by atomic mass is 32.2. The maximum absolute atomic E-state index is 12.0. The van der Waals surface area contributed by atoms with Crippen LogP contribution in [0.25, 0.3) is 0 Å². The number of rotatable bonds is 5. The molecule has 1 aromatic rings. The van der Waals surface area contributed by atoms with Gasteiger partial charge in [-0.15, -0.1) is 0 Å². The van der Waals surface area contributed by atoms with Crippen molar-refractivity contribution in [1.82, 2.24) is 0 Å². The number of nitrogens with one attached hydrogen (secondary N) is 1. The Morgan fingerprint density at radius 2 is 2.17 bits per heavy atom. The Bertz CT molecular complexity index is 697. The van der Waals surface area contributed by atoms with E-state index in [1.54, 1.807) is 0 Å². The van der Waals surface area contributed by atoms with Gasteiger partial charge in [-0.2, -0.15) is 0 Å². The van der Waals surface area contributed by atoms with Gasteiger partial charge in [0.2, 0.25) is 10.0 Å². The number of nitrogens with two attached hydrogens (primary N) is 1. The molecule has 1 aliphatic heterocycles. The average molecular weight is 342 g/mol. The van der Waals surface area contributed by atoms with Gasteiger partial charge in [-0.1, -0.05) is 6.07 Å². The van der Waals surface area contributed by atoms with Crippen LogP contribution in [0, 0.1) is 0 Å². The van der Waals surface area contributed by atoms with Gasteiger partial charge < -0.3 is 14.8 Å². The maximum Gasteiger partial charge on any atom is 0.336 e. The van der Waals surface area contributed by atoms with E-state index >= 15 is 0 Å². The molecule has 2 rings (SSSR count). The molecule has 0 unspecified atom stereocenters. The van der Waals surface area contributed by atoms with Crippen molar-refractivity contribution in [2.75, 3.05) is 11.9 Å². The fraction of sp³-hybridized carbons (Fsp3) is 0.429. The number of hydrogen-bond acceptors (Lipinski definition) is 6. The van der Waals surface area contributed by atoms with Crippen molar-refractivity contribution >= 4 is 27.6 Å². The first-order valence-electron chi connectivity index (χ1n) is 7.03. The van der Waals surface area contributed by atoms with Gasteiger partial charge in [0.1, 0.15) is 0 Å². The number of esters is 1. The lowest BCUT2D eigenvalue weighted by molar-refractivity contribution is -0.162. The van der Waals surface area contributed by atoms with Gasteiger partial charge in [0.05, 0.1) is 4.90 Å². The summed E-state index contributed by atoms with van der Waals surface area (Å²) in [7, 11) is -3.86. The Labute approximate surface area is 134 Å². The topological polar surface area (TPSA) is 125 Å². The third kappa shape index (κ3) is 4.75. The van der Waals surface area contributed by atoms with Crippen LogP contribution in [0.1, 0.15) is 19.8 Å². The number of primary sulfonamides is 1. The first-order valence-corrected chi connectivity index (χ1v) is 8.58. The van der Waals surface area contributed by atoms with E-state index in [2.05, 4.69) is 5.32 Å². The minimum Gasteiger partial charge on any atom is -0.451 e. The van der Waals surface area contributed by atoms with Gasteiger partial charge >= 0.3 is 5.97 Å². The number of carbonyl (C=O) groups is 2. The van der Waals surface area contributed by atoms with Gasteiger partial charge in [0.15, 0.2) is 12.2 Å².